The maximum atomic E-state index is 13.7. The van der Waals surface area contributed by atoms with E-state index in [0.29, 0.717) is 12.5 Å². The van der Waals surface area contributed by atoms with E-state index in [0.717, 1.165) is 42.4 Å². The standard InChI is InChI=1S/C31H42N4O6/c1-6-22(36)11-12-24(29(38)41-31(2,3)4)32-28(37)25(17-21-18-34(5)26-10-8-7-9-23(21)26)33-30(39)40-27-19-35-15-13-20(27)14-16-35/h6-10,18,20,24-25,27H,1,11-17,19H2,2-5H3,(H,32,37)(H,33,39)/t24-,25-,27?/m0/s1. The van der Waals surface area contributed by atoms with Gasteiger partial charge in [0.05, 0.1) is 0 Å². The third kappa shape index (κ3) is 7.97. The number of allylic oxidation sites excluding steroid dienone is 1. The van der Waals surface area contributed by atoms with Gasteiger partial charge in [-0.3, -0.25) is 14.5 Å². The average molecular weight is 567 g/mol. The van der Waals surface area contributed by atoms with Gasteiger partial charge in [-0.25, -0.2) is 9.59 Å². The van der Waals surface area contributed by atoms with Gasteiger partial charge in [0.1, 0.15) is 23.8 Å². The van der Waals surface area contributed by atoms with E-state index in [1.54, 1.807) is 20.8 Å². The van der Waals surface area contributed by atoms with Crippen LogP contribution in [0.5, 0.6) is 0 Å². The Morgan fingerprint density at radius 1 is 1.10 bits per heavy atom. The highest BCUT2D eigenvalue weighted by Crippen LogP contribution is 2.29. The number of rotatable bonds is 11. The number of aryl methyl sites for hydroxylation is 1. The summed E-state index contributed by atoms with van der Waals surface area (Å²) in [6.45, 7) is 11.4. The zero-order valence-corrected chi connectivity index (χ0v) is 24.5. The molecule has 1 aromatic carbocycles. The number of nitrogens with one attached hydrogen (secondary N) is 2. The highest BCUT2D eigenvalue weighted by atomic mass is 16.6. The first-order valence-electron chi connectivity index (χ1n) is 14.3. The molecule has 0 radical (unpaired) electrons. The topological polar surface area (TPSA) is 119 Å². The molecular weight excluding hydrogens is 524 g/mol. The second kappa shape index (κ2) is 12.9. The minimum absolute atomic E-state index is 0.0106. The molecule has 2 bridgehead atoms. The van der Waals surface area contributed by atoms with Gasteiger partial charge >= 0.3 is 12.1 Å². The third-order valence-corrected chi connectivity index (χ3v) is 7.78. The van der Waals surface area contributed by atoms with Crippen LogP contribution in [0.3, 0.4) is 0 Å². The number of para-hydroxylation sites is 1. The molecule has 2 aromatic rings. The van der Waals surface area contributed by atoms with Gasteiger partial charge < -0.3 is 24.7 Å². The lowest BCUT2D eigenvalue weighted by Crippen LogP contribution is -2.56. The van der Waals surface area contributed by atoms with Crippen LogP contribution in [0.2, 0.25) is 0 Å². The van der Waals surface area contributed by atoms with Crippen LogP contribution in [0.1, 0.15) is 52.0 Å². The van der Waals surface area contributed by atoms with Crippen molar-refractivity contribution in [2.75, 3.05) is 19.6 Å². The van der Waals surface area contributed by atoms with Gasteiger partial charge in [0.2, 0.25) is 5.91 Å². The predicted molar refractivity (Wildman–Crippen MR) is 155 cm³/mol. The number of carbonyl (C=O) groups excluding carboxylic acids is 4. The van der Waals surface area contributed by atoms with Crippen LogP contribution in [-0.4, -0.2) is 76.6 Å². The highest BCUT2D eigenvalue weighted by Gasteiger charge is 2.37. The monoisotopic (exact) mass is 566 g/mol. The van der Waals surface area contributed by atoms with Crippen LogP contribution in [0.4, 0.5) is 4.79 Å². The second-order valence-corrected chi connectivity index (χ2v) is 12.1. The number of piperidine rings is 3. The molecule has 1 aromatic heterocycles. The third-order valence-electron chi connectivity index (χ3n) is 7.78. The summed E-state index contributed by atoms with van der Waals surface area (Å²) in [7, 11) is 1.92. The molecule has 2 N–H and O–H groups in total. The van der Waals surface area contributed by atoms with Crippen LogP contribution >= 0.6 is 0 Å². The number of aromatic nitrogens is 1. The van der Waals surface area contributed by atoms with Crippen molar-refractivity contribution in [1.29, 1.82) is 0 Å². The number of nitrogens with zero attached hydrogens (tertiary/aromatic N) is 2. The SMILES string of the molecule is C=CC(=O)CC[C@H](NC(=O)[C@H](Cc1cn(C)c2ccccc12)NC(=O)OC1CN2CCC1CC2)C(=O)OC(C)(C)C. The summed E-state index contributed by atoms with van der Waals surface area (Å²) >= 11 is 0. The molecule has 1 unspecified atom stereocenters. The lowest BCUT2D eigenvalue weighted by Gasteiger charge is -2.43. The maximum Gasteiger partial charge on any atom is 0.408 e. The van der Waals surface area contributed by atoms with E-state index in [9.17, 15) is 19.2 Å². The average Bonchev–Trinajstić information content (AvgIpc) is 3.24. The number of ketones is 1. The normalized spacial score (nSPS) is 21.5. The molecule has 4 heterocycles. The Balaban J connectivity index is 1.54. The quantitative estimate of drug-likeness (QED) is 0.317. The molecule has 3 saturated heterocycles. The zero-order valence-electron chi connectivity index (χ0n) is 24.5. The molecule has 3 fully saturated rings. The minimum atomic E-state index is -1.08. The molecule has 222 valence electrons. The number of benzene rings is 1. The Morgan fingerprint density at radius 3 is 2.44 bits per heavy atom. The molecule has 2 amide bonds. The van der Waals surface area contributed by atoms with E-state index in [4.69, 9.17) is 9.47 Å². The van der Waals surface area contributed by atoms with Crippen LogP contribution in [-0.2, 0) is 37.3 Å². The van der Waals surface area contributed by atoms with E-state index in [2.05, 4.69) is 22.1 Å². The van der Waals surface area contributed by atoms with Gasteiger partial charge in [-0.2, -0.15) is 0 Å². The van der Waals surface area contributed by atoms with E-state index in [-0.39, 0.29) is 31.1 Å². The van der Waals surface area contributed by atoms with E-state index in [1.807, 2.05) is 42.1 Å². The van der Waals surface area contributed by atoms with E-state index < -0.39 is 35.7 Å². The fourth-order valence-corrected chi connectivity index (χ4v) is 5.66. The van der Waals surface area contributed by atoms with Crippen molar-refractivity contribution in [2.45, 2.75) is 76.7 Å². The first-order chi connectivity index (χ1) is 19.4. The molecule has 0 saturated carbocycles. The number of carbonyl (C=O) groups is 4. The maximum absolute atomic E-state index is 13.7. The van der Waals surface area contributed by atoms with Crippen LogP contribution < -0.4 is 10.6 Å². The number of ether oxygens (including phenoxy) is 2. The number of esters is 1. The molecule has 3 atom stereocenters. The molecule has 0 aliphatic carbocycles. The summed E-state index contributed by atoms with van der Waals surface area (Å²) in [5, 5.41) is 6.48. The Labute approximate surface area is 241 Å². The molecule has 0 spiro atoms. The van der Waals surface area contributed by atoms with E-state index in [1.165, 1.54) is 6.08 Å². The number of fused-ring (bicyclic) bond motifs is 4. The summed E-state index contributed by atoms with van der Waals surface area (Å²) in [5.74, 6) is -1.15. The molecule has 10 heteroatoms. The second-order valence-electron chi connectivity index (χ2n) is 12.1. The van der Waals surface area contributed by atoms with Crippen LogP contribution in [0.15, 0.2) is 43.1 Å². The number of amides is 2. The lowest BCUT2D eigenvalue weighted by atomic mass is 9.86. The molecule has 5 rings (SSSR count). The van der Waals surface area contributed by atoms with Gasteiger partial charge in [-0.1, -0.05) is 24.8 Å². The van der Waals surface area contributed by atoms with Crippen molar-refractivity contribution < 1.29 is 28.7 Å². The molecular formula is C31H42N4O6. The number of alkyl carbamates (subject to hydrolysis) is 1. The van der Waals surface area contributed by atoms with Gasteiger partial charge in [0.15, 0.2) is 5.78 Å². The summed E-state index contributed by atoms with van der Waals surface area (Å²) in [6, 6.07) is 5.70. The molecule has 10 nitrogen and oxygen atoms in total. The summed E-state index contributed by atoms with van der Waals surface area (Å²) in [5.41, 5.74) is 1.07. The summed E-state index contributed by atoms with van der Waals surface area (Å²) in [6.07, 6.45) is 4.42. The van der Waals surface area contributed by atoms with Crippen LogP contribution in [0.25, 0.3) is 10.9 Å². The predicted octanol–water partition coefficient (Wildman–Crippen LogP) is 3.27. The van der Waals surface area contributed by atoms with Crippen molar-refractivity contribution in [3.05, 3.63) is 48.7 Å². The number of hydrogen-bond donors (Lipinski definition) is 2. The Morgan fingerprint density at radius 2 is 1.80 bits per heavy atom. The Kier molecular flexibility index (Phi) is 9.53. The van der Waals surface area contributed by atoms with E-state index >= 15 is 0 Å². The Hall–Kier alpha value is -3.66. The summed E-state index contributed by atoms with van der Waals surface area (Å²) in [4.78, 5) is 54.1. The Bertz CT molecular complexity index is 1290. The van der Waals surface area contributed by atoms with Gasteiger partial charge in [-0.05, 0) is 76.7 Å². The highest BCUT2D eigenvalue weighted by molar-refractivity contribution is 5.92. The van der Waals surface area contributed by atoms with Crippen molar-refractivity contribution in [3.8, 4) is 0 Å². The smallest absolute Gasteiger partial charge is 0.408 e. The zero-order chi connectivity index (χ0) is 29.7. The molecule has 3 aliphatic heterocycles. The number of hydrogen-bond acceptors (Lipinski definition) is 7. The van der Waals surface area contributed by atoms with Gasteiger partial charge in [0, 0.05) is 43.5 Å². The van der Waals surface area contributed by atoms with Crippen molar-refractivity contribution >= 4 is 34.7 Å². The van der Waals surface area contributed by atoms with Crippen molar-refractivity contribution in [3.63, 3.8) is 0 Å². The van der Waals surface area contributed by atoms with Crippen molar-refractivity contribution in [1.82, 2.24) is 20.1 Å². The largest absolute Gasteiger partial charge is 0.458 e. The van der Waals surface area contributed by atoms with Gasteiger partial charge in [-0.15, -0.1) is 0 Å². The lowest BCUT2D eigenvalue weighted by molar-refractivity contribution is -0.159. The van der Waals surface area contributed by atoms with Crippen LogP contribution in [0, 0.1) is 5.92 Å². The molecule has 3 aliphatic rings. The van der Waals surface area contributed by atoms with Gasteiger partial charge in [0.25, 0.3) is 0 Å². The fraction of sp³-hybridized carbons (Fsp3) is 0.548. The fourth-order valence-electron chi connectivity index (χ4n) is 5.66. The van der Waals surface area contributed by atoms with Crippen molar-refractivity contribution in [2.24, 2.45) is 13.0 Å². The summed E-state index contributed by atoms with van der Waals surface area (Å²) < 4.78 is 13.3. The first kappa shape index (κ1) is 30.3. The molecule has 41 heavy (non-hydrogen) atoms. The minimum Gasteiger partial charge on any atom is -0.458 e. The first-order valence-corrected chi connectivity index (χ1v) is 14.3.